The van der Waals surface area contributed by atoms with Crippen molar-refractivity contribution in [2.45, 2.75) is 13.3 Å². The first kappa shape index (κ1) is 7.02. The van der Waals surface area contributed by atoms with E-state index in [-0.39, 0.29) is 5.56 Å². The number of rotatable bonds is 1. The molecule has 5 nitrogen and oxygen atoms in total. The summed E-state index contributed by atoms with van der Waals surface area (Å²) in [6.07, 6.45) is 2.18. The highest BCUT2D eigenvalue weighted by Crippen LogP contribution is 1.95. The average Bonchev–Trinajstić information content (AvgIpc) is 2.49. The Labute approximate surface area is 68.1 Å². The van der Waals surface area contributed by atoms with Gasteiger partial charge in [0.1, 0.15) is 5.82 Å². The molecule has 0 fully saturated rings. The Balaban J connectivity index is 2.92. The number of hydrogen-bond acceptors (Lipinski definition) is 3. The van der Waals surface area contributed by atoms with Gasteiger partial charge in [-0.2, -0.15) is 5.10 Å². The van der Waals surface area contributed by atoms with Gasteiger partial charge in [0.15, 0.2) is 0 Å². The van der Waals surface area contributed by atoms with Gasteiger partial charge in [-0.25, -0.2) is 14.5 Å². The fourth-order valence-corrected chi connectivity index (χ4v) is 1.14. The first-order valence-corrected chi connectivity index (χ1v) is 3.74. The van der Waals surface area contributed by atoms with E-state index in [1.54, 1.807) is 0 Å². The molecule has 1 N–H and O–H groups in total. The van der Waals surface area contributed by atoms with Gasteiger partial charge in [0.2, 0.25) is 5.78 Å². The Hall–Kier alpha value is -1.65. The number of nitrogens with zero attached hydrogens (tertiary/aromatic N) is 3. The number of aromatic nitrogens is 4. The molecule has 0 saturated carbocycles. The third kappa shape index (κ3) is 0.827. The SMILES string of the molecule is CCc1n[nH]c2nccc(=O)n12. The van der Waals surface area contributed by atoms with Crippen LogP contribution in [0.4, 0.5) is 0 Å². The van der Waals surface area contributed by atoms with Crippen LogP contribution in [0.5, 0.6) is 0 Å². The highest BCUT2D eigenvalue weighted by atomic mass is 16.1. The molecule has 2 heterocycles. The van der Waals surface area contributed by atoms with E-state index in [0.29, 0.717) is 18.0 Å². The molecule has 0 amide bonds. The molecule has 2 aromatic rings. The molecule has 62 valence electrons. The van der Waals surface area contributed by atoms with Crippen molar-refractivity contribution in [2.75, 3.05) is 0 Å². The van der Waals surface area contributed by atoms with Crippen LogP contribution in [0.15, 0.2) is 17.1 Å². The van der Waals surface area contributed by atoms with Crippen LogP contribution in [0.1, 0.15) is 12.7 Å². The van der Waals surface area contributed by atoms with Gasteiger partial charge in [-0.3, -0.25) is 4.79 Å². The van der Waals surface area contributed by atoms with Crippen molar-refractivity contribution in [3.8, 4) is 0 Å². The smallest absolute Gasteiger partial charge is 0.260 e. The molecule has 0 aliphatic heterocycles. The summed E-state index contributed by atoms with van der Waals surface area (Å²) in [4.78, 5) is 15.2. The summed E-state index contributed by atoms with van der Waals surface area (Å²) >= 11 is 0. The minimum absolute atomic E-state index is 0.0920. The molecule has 0 aliphatic carbocycles. The van der Waals surface area contributed by atoms with E-state index < -0.39 is 0 Å². The van der Waals surface area contributed by atoms with E-state index in [0.717, 1.165) is 0 Å². The topological polar surface area (TPSA) is 63.0 Å². The summed E-state index contributed by atoms with van der Waals surface area (Å²) in [5, 5.41) is 6.63. The lowest BCUT2D eigenvalue weighted by atomic mass is 10.4. The lowest BCUT2D eigenvalue weighted by Crippen LogP contribution is -2.13. The third-order valence-corrected chi connectivity index (χ3v) is 1.71. The lowest BCUT2D eigenvalue weighted by Gasteiger charge is -1.91. The van der Waals surface area contributed by atoms with Crippen LogP contribution in [0.2, 0.25) is 0 Å². The van der Waals surface area contributed by atoms with Crippen LogP contribution >= 0.6 is 0 Å². The number of fused-ring (bicyclic) bond motifs is 1. The van der Waals surface area contributed by atoms with Crippen LogP contribution in [-0.2, 0) is 6.42 Å². The minimum Gasteiger partial charge on any atom is -0.269 e. The second kappa shape index (κ2) is 2.44. The van der Waals surface area contributed by atoms with Gasteiger partial charge in [-0.15, -0.1) is 0 Å². The molecule has 0 aliphatic rings. The van der Waals surface area contributed by atoms with Gasteiger partial charge in [0.05, 0.1) is 0 Å². The highest BCUT2D eigenvalue weighted by molar-refractivity contribution is 5.25. The number of nitrogens with one attached hydrogen (secondary N) is 1. The molecule has 5 heteroatoms. The number of hydrogen-bond donors (Lipinski definition) is 1. The fourth-order valence-electron chi connectivity index (χ4n) is 1.14. The molecule has 0 unspecified atom stereocenters. The zero-order chi connectivity index (χ0) is 8.55. The van der Waals surface area contributed by atoms with Crippen molar-refractivity contribution < 1.29 is 0 Å². The van der Waals surface area contributed by atoms with Crippen LogP contribution in [-0.4, -0.2) is 19.6 Å². The molecule has 2 aromatic heterocycles. The van der Waals surface area contributed by atoms with Gasteiger partial charge in [-0.1, -0.05) is 6.92 Å². The summed E-state index contributed by atoms with van der Waals surface area (Å²) in [7, 11) is 0. The van der Waals surface area contributed by atoms with Gasteiger partial charge in [0.25, 0.3) is 5.56 Å². The average molecular weight is 164 g/mol. The van der Waals surface area contributed by atoms with E-state index in [9.17, 15) is 4.79 Å². The maximum Gasteiger partial charge on any atom is 0.260 e. The van der Waals surface area contributed by atoms with Gasteiger partial charge in [0, 0.05) is 18.7 Å². The summed E-state index contributed by atoms with van der Waals surface area (Å²) in [6, 6.07) is 1.42. The highest BCUT2D eigenvalue weighted by Gasteiger charge is 2.03. The zero-order valence-corrected chi connectivity index (χ0v) is 6.61. The summed E-state index contributed by atoms with van der Waals surface area (Å²) < 4.78 is 1.47. The van der Waals surface area contributed by atoms with Gasteiger partial charge in [-0.05, 0) is 0 Å². The molecule has 0 atom stereocenters. The van der Waals surface area contributed by atoms with E-state index in [2.05, 4.69) is 15.2 Å². The summed E-state index contributed by atoms with van der Waals surface area (Å²) in [5.74, 6) is 1.21. The van der Waals surface area contributed by atoms with Gasteiger partial charge >= 0.3 is 0 Å². The Morgan fingerprint density at radius 1 is 1.67 bits per heavy atom. The maximum absolute atomic E-state index is 11.3. The zero-order valence-electron chi connectivity index (χ0n) is 6.61. The van der Waals surface area contributed by atoms with Crippen molar-refractivity contribution in [2.24, 2.45) is 0 Å². The van der Waals surface area contributed by atoms with Gasteiger partial charge < -0.3 is 0 Å². The maximum atomic E-state index is 11.3. The molecule has 0 aromatic carbocycles. The first-order chi connectivity index (χ1) is 5.83. The standard InChI is InChI=1S/C7H8N4O/c1-2-5-9-10-7-8-4-3-6(12)11(5)7/h3-4H,2H2,1H3,(H,8,10). The molecular weight excluding hydrogens is 156 g/mol. The number of aromatic amines is 1. The Kier molecular flexibility index (Phi) is 1.43. The molecular formula is C7H8N4O. The minimum atomic E-state index is -0.0920. The van der Waals surface area contributed by atoms with Crippen molar-refractivity contribution in [3.63, 3.8) is 0 Å². The van der Waals surface area contributed by atoms with E-state index in [4.69, 9.17) is 0 Å². The normalized spacial score (nSPS) is 10.8. The van der Waals surface area contributed by atoms with E-state index >= 15 is 0 Å². The first-order valence-electron chi connectivity index (χ1n) is 3.74. The van der Waals surface area contributed by atoms with Crippen molar-refractivity contribution in [1.29, 1.82) is 0 Å². The molecule has 2 rings (SSSR count). The monoisotopic (exact) mass is 164 g/mol. The molecule has 0 saturated heterocycles. The molecule has 12 heavy (non-hydrogen) atoms. The van der Waals surface area contributed by atoms with Crippen LogP contribution in [0, 0.1) is 0 Å². The second-order valence-corrected chi connectivity index (χ2v) is 2.44. The van der Waals surface area contributed by atoms with Crippen molar-refractivity contribution >= 4 is 5.78 Å². The molecule has 0 radical (unpaired) electrons. The van der Waals surface area contributed by atoms with Crippen molar-refractivity contribution in [3.05, 3.63) is 28.4 Å². The second-order valence-electron chi connectivity index (χ2n) is 2.44. The molecule has 0 spiro atoms. The third-order valence-electron chi connectivity index (χ3n) is 1.71. The lowest BCUT2D eigenvalue weighted by molar-refractivity contribution is 0.890. The molecule has 0 bridgehead atoms. The Morgan fingerprint density at radius 3 is 3.25 bits per heavy atom. The summed E-state index contributed by atoms with van der Waals surface area (Å²) in [5.41, 5.74) is -0.0920. The van der Waals surface area contributed by atoms with E-state index in [1.165, 1.54) is 16.7 Å². The number of H-pyrrole nitrogens is 1. The largest absolute Gasteiger partial charge is 0.269 e. The fraction of sp³-hybridized carbons (Fsp3) is 0.286. The Bertz CT molecular complexity index is 456. The van der Waals surface area contributed by atoms with Crippen LogP contribution in [0.25, 0.3) is 5.78 Å². The predicted octanol–water partition coefficient (Wildman–Crippen LogP) is -0.0200. The van der Waals surface area contributed by atoms with E-state index in [1.807, 2.05) is 6.92 Å². The Morgan fingerprint density at radius 2 is 2.50 bits per heavy atom. The van der Waals surface area contributed by atoms with Crippen molar-refractivity contribution in [1.82, 2.24) is 19.6 Å². The quantitative estimate of drug-likeness (QED) is 0.644. The predicted molar refractivity (Wildman–Crippen MR) is 43.0 cm³/mol. The van der Waals surface area contributed by atoms with Crippen LogP contribution < -0.4 is 5.56 Å². The number of aryl methyl sites for hydroxylation is 1. The summed E-state index contributed by atoms with van der Waals surface area (Å²) in [6.45, 7) is 1.94. The van der Waals surface area contributed by atoms with Crippen LogP contribution in [0.3, 0.4) is 0 Å².